The third-order valence-corrected chi connectivity index (χ3v) is 3.61. The van der Waals surface area contributed by atoms with Gasteiger partial charge in [-0.25, -0.2) is 4.79 Å². The summed E-state index contributed by atoms with van der Waals surface area (Å²) in [6.45, 7) is 3.90. The summed E-state index contributed by atoms with van der Waals surface area (Å²) in [7, 11) is 0. The number of carboxylic acids is 1. The molecule has 104 valence electrons. The molecule has 1 aromatic carbocycles. The van der Waals surface area contributed by atoms with Crippen LogP contribution in [0.4, 0.5) is 0 Å². The minimum Gasteiger partial charge on any atom is -0.480 e. The van der Waals surface area contributed by atoms with E-state index in [1.54, 1.807) is 0 Å². The zero-order valence-electron chi connectivity index (χ0n) is 11.2. The van der Waals surface area contributed by atoms with E-state index in [9.17, 15) is 9.59 Å². The average Bonchev–Trinajstić information content (AvgIpc) is 2.37. The van der Waals surface area contributed by atoms with Gasteiger partial charge in [-0.3, -0.25) is 4.79 Å². The summed E-state index contributed by atoms with van der Waals surface area (Å²) in [5.41, 5.74) is 1.17. The highest BCUT2D eigenvalue weighted by atomic mass is 32.2. The number of benzene rings is 1. The monoisotopic (exact) mass is 281 g/mol. The molecule has 0 saturated carbocycles. The molecule has 0 bridgehead atoms. The van der Waals surface area contributed by atoms with Gasteiger partial charge in [-0.1, -0.05) is 31.0 Å². The zero-order valence-corrected chi connectivity index (χ0v) is 12.0. The molecule has 4 nitrogen and oxygen atoms in total. The maximum Gasteiger partial charge on any atom is 0.326 e. The van der Waals surface area contributed by atoms with Crippen molar-refractivity contribution in [3.8, 4) is 0 Å². The molecule has 1 amide bonds. The largest absolute Gasteiger partial charge is 0.480 e. The Morgan fingerprint density at radius 3 is 2.47 bits per heavy atom. The molecule has 0 aliphatic heterocycles. The van der Waals surface area contributed by atoms with E-state index in [2.05, 4.69) is 5.32 Å². The van der Waals surface area contributed by atoms with Gasteiger partial charge in [-0.05, 0) is 25.5 Å². The molecule has 0 fully saturated rings. The lowest BCUT2D eigenvalue weighted by atomic mass is 10.2. The summed E-state index contributed by atoms with van der Waals surface area (Å²) < 4.78 is 0. The van der Waals surface area contributed by atoms with Crippen LogP contribution in [0.15, 0.2) is 29.2 Å². The van der Waals surface area contributed by atoms with Gasteiger partial charge in [-0.2, -0.15) is 0 Å². The zero-order chi connectivity index (χ0) is 14.3. The Bertz CT molecular complexity index is 431. The molecule has 0 aliphatic carbocycles. The molecule has 0 unspecified atom stereocenters. The number of aryl methyl sites for hydroxylation is 1. The predicted octanol–water partition coefficient (Wildman–Crippen LogP) is 2.46. The van der Waals surface area contributed by atoms with E-state index in [0.29, 0.717) is 6.42 Å². The Morgan fingerprint density at radius 1 is 1.32 bits per heavy atom. The Hall–Kier alpha value is -1.49. The average molecular weight is 281 g/mol. The minimum atomic E-state index is -0.976. The SMILES string of the molecule is CCC[C@H](NC(=O)CSc1ccc(C)cc1)C(=O)O. The molecular formula is C14H19NO3S. The summed E-state index contributed by atoms with van der Waals surface area (Å²) in [5, 5.41) is 11.5. The van der Waals surface area contributed by atoms with Crippen molar-refractivity contribution < 1.29 is 14.7 Å². The van der Waals surface area contributed by atoms with Gasteiger partial charge < -0.3 is 10.4 Å². The van der Waals surface area contributed by atoms with Gasteiger partial charge in [-0.15, -0.1) is 11.8 Å². The molecule has 0 aromatic heterocycles. The fourth-order valence-corrected chi connectivity index (χ4v) is 2.28. The first-order valence-corrected chi connectivity index (χ1v) is 7.23. The Balaban J connectivity index is 2.42. The Morgan fingerprint density at radius 2 is 1.95 bits per heavy atom. The van der Waals surface area contributed by atoms with Crippen molar-refractivity contribution in [3.63, 3.8) is 0 Å². The van der Waals surface area contributed by atoms with Crippen LogP contribution in [0, 0.1) is 6.92 Å². The highest BCUT2D eigenvalue weighted by Gasteiger charge is 2.18. The number of amides is 1. The molecule has 1 aromatic rings. The Kier molecular flexibility index (Phi) is 6.42. The lowest BCUT2D eigenvalue weighted by Crippen LogP contribution is -2.41. The molecule has 5 heteroatoms. The molecule has 0 heterocycles. The van der Waals surface area contributed by atoms with E-state index in [-0.39, 0.29) is 11.7 Å². The number of carbonyl (C=O) groups is 2. The number of hydrogen-bond acceptors (Lipinski definition) is 3. The lowest BCUT2D eigenvalue weighted by molar-refractivity contribution is -0.141. The fraction of sp³-hybridized carbons (Fsp3) is 0.429. The van der Waals surface area contributed by atoms with Crippen LogP contribution in [0.2, 0.25) is 0 Å². The first-order valence-electron chi connectivity index (χ1n) is 6.24. The Labute approximate surface area is 117 Å². The first-order chi connectivity index (χ1) is 9.02. The van der Waals surface area contributed by atoms with Crippen molar-refractivity contribution in [2.75, 3.05) is 5.75 Å². The van der Waals surface area contributed by atoms with Crippen LogP contribution >= 0.6 is 11.8 Å². The number of aliphatic carboxylic acids is 1. The van der Waals surface area contributed by atoms with Crippen LogP contribution in [0.25, 0.3) is 0 Å². The maximum absolute atomic E-state index is 11.7. The summed E-state index contributed by atoms with van der Waals surface area (Å²) in [4.78, 5) is 23.6. The van der Waals surface area contributed by atoms with Gasteiger partial charge in [0.2, 0.25) is 5.91 Å². The quantitative estimate of drug-likeness (QED) is 0.753. The minimum absolute atomic E-state index is 0.233. The maximum atomic E-state index is 11.7. The number of carboxylic acid groups (broad SMARTS) is 1. The molecule has 0 aliphatic rings. The second kappa shape index (κ2) is 7.84. The smallest absolute Gasteiger partial charge is 0.326 e. The van der Waals surface area contributed by atoms with Crippen molar-refractivity contribution in [1.29, 1.82) is 0 Å². The molecule has 2 N–H and O–H groups in total. The van der Waals surface area contributed by atoms with E-state index in [4.69, 9.17) is 5.11 Å². The standard InChI is InChI=1S/C14H19NO3S/c1-3-4-12(14(17)18)15-13(16)9-19-11-7-5-10(2)6-8-11/h5-8,12H,3-4,9H2,1-2H3,(H,15,16)(H,17,18)/t12-/m0/s1. The van der Waals surface area contributed by atoms with E-state index in [1.165, 1.54) is 17.3 Å². The van der Waals surface area contributed by atoms with Crippen LogP contribution < -0.4 is 5.32 Å². The van der Waals surface area contributed by atoms with Crippen LogP contribution in [-0.2, 0) is 9.59 Å². The van der Waals surface area contributed by atoms with E-state index in [0.717, 1.165) is 11.3 Å². The number of carbonyl (C=O) groups excluding carboxylic acids is 1. The van der Waals surface area contributed by atoms with Gasteiger partial charge in [0.25, 0.3) is 0 Å². The van der Waals surface area contributed by atoms with Crippen molar-refractivity contribution >= 4 is 23.6 Å². The lowest BCUT2D eigenvalue weighted by Gasteiger charge is -2.13. The van der Waals surface area contributed by atoms with Gasteiger partial charge in [0.05, 0.1) is 5.75 Å². The fourth-order valence-electron chi connectivity index (χ4n) is 1.57. The first kappa shape index (κ1) is 15.6. The third-order valence-electron chi connectivity index (χ3n) is 2.60. The molecular weight excluding hydrogens is 262 g/mol. The van der Waals surface area contributed by atoms with Crippen molar-refractivity contribution in [1.82, 2.24) is 5.32 Å². The van der Waals surface area contributed by atoms with E-state index >= 15 is 0 Å². The van der Waals surface area contributed by atoms with Crippen molar-refractivity contribution in [2.24, 2.45) is 0 Å². The van der Waals surface area contributed by atoms with Gasteiger partial charge in [0, 0.05) is 4.90 Å². The van der Waals surface area contributed by atoms with Crippen LogP contribution in [0.3, 0.4) is 0 Å². The number of nitrogens with one attached hydrogen (secondary N) is 1. The van der Waals surface area contributed by atoms with Gasteiger partial charge >= 0.3 is 5.97 Å². The number of rotatable bonds is 7. The summed E-state index contributed by atoms with van der Waals surface area (Å²) in [6, 6.07) is 7.09. The molecule has 0 radical (unpaired) electrons. The number of hydrogen-bond donors (Lipinski definition) is 2. The molecule has 19 heavy (non-hydrogen) atoms. The van der Waals surface area contributed by atoms with Crippen LogP contribution in [-0.4, -0.2) is 28.8 Å². The summed E-state index contributed by atoms with van der Waals surface area (Å²) in [6.07, 6.45) is 1.18. The van der Waals surface area contributed by atoms with E-state index < -0.39 is 12.0 Å². The van der Waals surface area contributed by atoms with Crippen LogP contribution in [0.5, 0.6) is 0 Å². The normalized spacial score (nSPS) is 11.9. The van der Waals surface area contributed by atoms with Crippen molar-refractivity contribution in [2.45, 2.75) is 37.6 Å². The van der Waals surface area contributed by atoms with Gasteiger partial charge in [0.1, 0.15) is 6.04 Å². The van der Waals surface area contributed by atoms with Gasteiger partial charge in [0.15, 0.2) is 0 Å². The molecule has 0 saturated heterocycles. The molecule has 1 rings (SSSR count). The summed E-state index contributed by atoms with van der Waals surface area (Å²) in [5.74, 6) is -0.988. The highest BCUT2D eigenvalue weighted by molar-refractivity contribution is 8.00. The third kappa shape index (κ3) is 5.79. The van der Waals surface area contributed by atoms with E-state index in [1.807, 2.05) is 38.1 Å². The van der Waals surface area contributed by atoms with Crippen molar-refractivity contribution in [3.05, 3.63) is 29.8 Å². The topological polar surface area (TPSA) is 66.4 Å². The predicted molar refractivity (Wildman–Crippen MR) is 76.4 cm³/mol. The van der Waals surface area contributed by atoms with Crippen LogP contribution in [0.1, 0.15) is 25.3 Å². The number of thioether (sulfide) groups is 1. The highest BCUT2D eigenvalue weighted by Crippen LogP contribution is 2.17. The molecule has 0 spiro atoms. The summed E-state index contributed by atoms with van der Waals surface area (Å²) >= 11 is 1.40. The molecule has 1 atom stereocenters. The second-order valence-electron chi connectivity index (χ2n) is 4.35. The second-order valence-corrected chi connectivity index (χ2v) is 5.40.